The van der Waals surface area contributed by atoms with Crippen molar-refractivity contribution < 1.29 is 16.1 Å². The molecule has 0 aromatic carbocycles. The van der Waals surface area contributed by atoms with Gasteiger partial charge in [0, 0.05) is 17.4 Å². The summed E-state index contributed by atoms with van der Waals surface area (Å²) in [6.07, 6.45) is 6.65. The highest BCUT2D eigenvalue weighted by atomic mass is 32.1. The summed E-state index contributed by atoms with van der Waals surface area (Å²) in [6, 6.07) is 0.417. The van der Waals surface area contributed by atoms with E-state index in [-0.39, 0.29) is 17.2 Å². The van der Waals surface area contributed by atoms with Crippen LogP contribution >= 0.6 is 12.8 Å². The topological polar surface area (TPSA) is 98.5 Å². The molecule has 0 bridgehead atoms. The Morgan fingerprint density at radius 3 is 2.47 bits per heavy atom. The van der Waals surface area contributed by atoms with Crippen LogP contribution in [-0.2, 0) is 0 Å². The maximum absolute atomic E-state index is 9.85. The van der Waals surface area contributed by atoms with Crippen LogP contribution in [0.25, 0.3) is 0 Å². The summed E-state index contributed by atoms with van der Waals surface area (Å²) in [7, 11) is 0. The fourth-order valence-corrected chi connectivity index (χ4v) is 2.65. The number of aliphatic hydroxyl groups excluding tert-OH is 1. The second-order valence-corrected chi connectivity index (χ2v) is 4.49. The van der Waals surface area contributed by atoms with Gasteiger partial charge in [-0.15, -0.1) is 0 Å². The minimum atomic E-state index is -0.318. The molecular weight excluding hydrogens is 240 g/mol. The third kappa shape index (κ3) is 3.38. The molecule has 1 heterocycles. The van der Waals surface area contributed by atoms with E-state index >= 15 is 0 Å². The predicted octanol–water partition coefficient (Wildman–Crippen LogP) is 0.136. The van der Waals surface area contributed by atoms with E-state index in [9.17, 15) is 5.11 Å². The van der Waals surface area contributed by atoms with Gasteiger partial charge in [-0.1, -0.05) is 25.5 Å². The molecule has 1 aliphatic heterocycles. The second kappa shape index (κ2) is 6.90. The highest BCUT2D eigenvalue weighted by Gasteiger charge is 2.31. The van der Waals surface area contributed by atoms with Gasteiger partial charge in [0.25, 0.3) is 0 Å². The molecule has 0 aromatic heterocycles. The lowest BCUT2D eigenvalue weighted by molar-refractivity contribution is 0.0217. The van der Waals surface area contributed by atoms with Gasteiger partial charge in [-0.25, -0.2) is 0 Å². The third-order valence-corrected chi connectivity index (χ3v) is 3.58. The van der Waals surface area contributed by atoms with Gasteiger partial charge >= 0.3 is 0 Å². The summed E-state index contributed by atoms with van der Waals surface area (Å²) in [4.78, 5) is 2.09. The van der Waals surface area contributed by atoms with Gasteiger partial charge in [0.1, 0.15) is 6.23 Å². The largest absolute Gasteiger partial charge is 0.412 e. The number of hydrogen-bond donors (Lipinski definition) is 3. The number of likely N-dealkylation sites (tertiary alicyclic amines) is 1. The SMILES string of the molecule is C=C1CCC(O)N1C1CC=C(NS)CC1.O.O. The number of allylic oxidation sites excluding steroid dienone is 2. The van der Waals surface area contributed by atoms with E-state index in [1.807, 2.05) is 0 Å². The van der Waals surface area contributed by atoms with Gasteiger partial charge in [-0.3, -0.25) is 0 Å². The summed E-state index contributed by atoms with van der Waals surface area (Å²) in [5.74, 6) is 0. The molecule has 2 rings (SSSR count). The normalized spacial score (nSPS) is 28.0. The molecule has 1 fully saturated rings. The molecular formula is C11H22N2O3S. The molecule has 1 saturated heterocycles. The molecule has 2 unspecified atom stereocenters. The molecule has 0 aromatic rings. The lowest BCUT2D eigenvalue weighted by Gasteiger charge is -2.35. The van der Waals surface area contributed by atoms with Crippen LogP contribution in [-0.4, -0.2) is 33.2 Å². The molecule has 6 N–H and O–H groups in total. The van der Waals surface area contributed by atoms with Crippen LogP contribution in [0.4, 0.5) is 0 Å². The zero-order chi connectivity index (χ0) is 10.8. The fourth-order valence-electron chi connectivity index (χ4n) is 2.45. The molecule has 6 heteroatoms. The van der Waals surface area contributed by atoms with Gasteiger partial charge in [0.15, 0.2) is 0 Å². The average Bonchev–Trinajstić information content (AvgIpc) is 2.59. The van der Waals surface area contributed by atoms with E-state index < -0.39 is 0 Å². The smallest absolute Gasteiger partial charge is 0.127 e. The lowest BCUT2D eigenvalue weighted by Crippen LogP contribution is -2.38. The van der Waals surface area contributed by atoms with Crippen molar-refractivity contribution in [1.82, 2.24) is 9.62 Å². The highest BCUT2D eigenvalue weighted by Crippen LogP contribution is 2.32. The van der Waals surface area contributed by atoms with Crippen molar-refractivity contribution in [2.24, 2.45) is 0 Å². The van der Waals surface area contributed by atoms with Crippen molar-refractivity contribution in [3.05, 3.63) is 24.0 Å². The van der Waals surface area contributed by atoms with Crippen LogP contribution in [0.15, 0.2) is 24.0 Å². The Hall–Kier alpha value is -0.690. The van der Waals surface area contributed by atoms with E-state index in [0.29, 0.717) is 6.04 Å². The van der Waals surface area contributed by atoms with E-state index in [0.717, 1.165) is 37.8 Å². The van der Waals surface area contributed by atoms with E-state index in [1.165, 1.54) is 5.70 Å². The number of nitrogens with one attached hydrogen (secondary N) is 1. The molecule has 0 amide bonds. The van der Waals surface area contributed by atoms with Crippen molar-refractivity contribution in [2.45, 2.75) is 44.4 Å². The van der Waals surface area contributed by atoms with Crippen LogP contribution in [0.5, 0.6) is 0 Å². The third-order valence-electron chi connectivity index (χ3n) is 3.30. The van der Waals surface area contributed by atoms with Crippen molar-refractivity contribution in [2.75, 3.05) is 0 Å². The maximum atomic E-state index is 9.85. The van der Waals surface area contributed by atoms with Crippen LogP contribution < -0.4 is 4.72 Å². The number of nitrogens with zero attached hydrogens (tertiary/aromatic N) is 1. The van der Waals surface area contributed by atoms with Crippen molar-refractivity contribution in [1.29, 1.82) is 0 Å². The minimum absolute atomic E-state index is 0. The van der Waals surface area contributed by atoms with Crippen LogP contribution in [0.3, 0.4) is 0 Å². The fraction of sp³-hybridized carbons (Fsp3) is 0.636. The number of aliphatic hydroxyl groups is 1. The summed E-state index contributed by atoms with van der Waals surface area (Å²) in [5.41, 5.74) is 2.28. The predicted molar refractivity (Wildman–Crippen MR) is 71.3 cm³/mol. The van der Waals surface area contributed by atoms with Crippen LogP contribution in [0.1, 0.15) is 32.1 Å². The molecule has 2 aliphatic rings. The van der Waals surface area contributed by atoms with E-state index in [4.69, 9.17) is 0 Å². The molecule has 0 radical (unpaired) electrons. The number of rotatable bonds is 2. The first-order valence-electron chi connectivity index (χ1n) is 5.45. The monoisotopic (exact) mass is 262 g/mol. The Balaban J connectivity index is 0.00000128. The molecule has 0 saturated carbocycles. The first-order chi connectivity index (χ1) is 7.22. The summed E-state index contributed by atoms with van der Waals surface area (Å²) >= 11 is 4.04. The Morgan fingerprint density at radius 2 is 2.06 bits per heavy atom. The van der Waals surface area contributed by atoms with Gasteiger partial charge in [-0.2, -0.15) is 0 Å². The van der Waals surface area contributed by atoms with Gasteiger partial charge in [0.2, 0.25) is 0 Å². The van der Waals surface area contributed by atoms with Gasteiger partial charge in [-0.05, 0) is 32.1 Å². The standard InChI is InChI=1S/C11H18N2OS.2H2O/c1-8-2-7-11(14)13(8)10-5-3-9(12-15)4-6-10;;/h3,10-12,14-15H,1-2,4-7H2;2*1H2. The first kappa shape index (κ1) is 16.3. The Morgan fingerprint density at radius 1 is 1.35 bits per heavy atom. The Kier molecular flexibility index (Phi) is 6.62. The van der Waals surface area contributed by atoms with Crippen molar-refractivity contribution in [3.8, 4) is 0 Å². The number of thiol groups is 1. The first-order valence-corrected chi connectivity index (χ1v) is 5.90. The van der Waals surface area contributed by atoms with Crippen molar-refractivity contribution >= 4 is 12.8 Å². The minimum Gasteiger partial charge on any atom is -0.412 e. The lowest BCUT2D eigenvalue weighted by atomic mass is 9.98. The summed E-state index contributed by atoms with van der Waals surface area (Å²) < 4.78 is 2.89. The zero-order valence-corrected chi connectivity index (χ0v) is 10.7. The molecule has 1 aliphatic carbocycles. The van der Waals surface area contributed by atoms with E-state index in [1.54, 1.807) is 0 Å². The molecule has 100 valence electrons. The van der Waals surface area contributed by atoms with Crippen LogP contribution in [0, 0.1) is 0 Å². The molecule has 2 atom stereocenters. The average molecular weight is 262 g/mol. The Bertz CT molecular complexity index is 296. The molecule has 5 nitrogen and oxygen atoms in total. The maximum Gasteiger partial charge on any atom is 0.127 e. The molecule has 0 spiro atoms. The van der Waals surface area contributed by atoms with Gasteiger partial charge < -0.3 is 25.7 Å². The summed E-state index contributed by atoms with van der Waals surface area (Å²) in [6.45, 7) is 4.01. The summed E-state index contributed by atoms with van der Waals surface area (Å²) in [5, 5.41) is 9.85. The Labute approximate surface area is 107 Å². The van der Waals surface area contributed by atoms with E-state index in [2.05, 4.69) is 35.1 Å². The number of hydrogen-bond acceptors (Lipinski definition) is 4. The molecule has 17 heavy (non-hydrogen) atoms. The highest BCUT2D eigenvalue weighted by molar-refractivity contribution is 7.78. The van der Waals surface area contributed by atoms with Gasteiger partial charge in [0.05, 0.1) is 0 Å². The van der Waals surface area contributed by atoms with Crippen LogP contribution in [0.2, 0.25) is 0 Å². The zero-order valence-electron chi connectivity index (χ0n) is 9.82. The van der Waals surface area contributed by atoms with Crippen molar-refractivity contribution in [3.63, 3.8) is 0 Å². The second-order valence-electron chi connectivity index (χ2n) is 4.26. The quantitative estimate of drug-likeness (QED) is 0.617.